The molecule has 12 N–H and O–H groups in total. The lowest BCUT2D eigenvalue weighted by Crippen LogP contribution is -2.27. The van der Waals surface area contributed by atoms with E-state index in [1.54, 1.807) is 43.2 Å². The van der Waals surface area contributed by atoms with Crippen LogP contribution >= 0.6 is 0 Å². The quantitative estimate of drug-likeness (QED) is 0.0589. The normalized spacial score (nSPS) is 15.6. The Bertz CT molecular complexity index is 4200. The second kappa shape index (κ2) is 29.0. The maximum absolute atomic E-state index is 6.18. The summed E-state index contributed by atoms with van der Waals surface area (Å²) in [5.74, 6) is 3.45. The van der Waals surface area contributed by atoms with Crippen LogP contribution in [0.4, 0.5) is 34.9 Å². The number of anilines is 6. The summed E-state index contributed by atoms with van der Waals surface area (Å²) in [6, 6.07) is 20.4. The molecule has 0 saturated carbocycles. The highest BCUT2D eigenvalue weighted by atomic mass is 16.5. The van der Waals surface area contributed by atoms with Gasteiger partial charge >= 0.3 is 0 Å². The van der Waals surface area contributed by atoms with E-state index >= 15 is 0 Å². The summed E-state index contributed by atoms with van der Waals surface area (Å²) in [6.07, 6.45) is 14.4. The third-order valence-electron chi connectivity index (χ3n) is 17.7. The van der Waals surface area contributed by atoms with Crippen LogP contribution in [0.5, 0.6) is 23.4 Å². The standard InChI is InChI=1S/C26H32N6O3.C23H28N6O.C22H26N6O/c1-16-11-18(12-19-14-32(2)8-4-21(16)19)22-13-30-25(28)26(31-22)34-15-17-3-7-29-24(27)23(17)35-20-5-9-33-10-6-20;1-13-7-16(8-17-12-29(4)6-5-18(13)17)20-11-27-22(25)23(28-20)30-15(3)19-9-21(24)26-10-14(19)2;1-13-8-16(9-17-12-28(3)7-5-18(13)17)19-11-26-21(24)22(27-19)29-14(2)15-4-6-25-20(23)10-15/h3,7,11-13,20H,4-6,8-10,14-15H2,1-2H3,(H2,27,29)(H2,28,30);7-11,15H,5-6,12H2,1-4H3,(H2,24,26)(H2,25,27);4,6,8-11,14H,5,7,12H2,1-3H3,(H2,23,25)(H2,24,26). The zero-order chi connectivity index (χ0) is 66.3. The van der Waals surface area contributed by atoms with Crippen LogP contribution in [0.15, 0.2) is 97.8 Å². The van der Waals surface area contributed by atoms with E-state index in [-0.39, 0.29) is 48.3 Å². The number of fused-ring (bicyclic) bond motifs is 3. The number of aromatic nitrogens is 9. The number of benzene rings is 3. The van der Waals surface area contributed by atoms with Gasteiger partial charge in [-0.05, 0) is 204 Å². The Morgan fingerprint density at radius 2 is 0.957 bits per heavy atom. The average molecular weight is 1270 g/mol. The predicted molar refractivity (Wildman–Crippen MR) is 368 cm³/mol. The molecule has 6 aromatic heterocycles. The Kier molecular flexibility index (Phi) is 20.3. The first kappa shape index (κ1) is 65.7. The van der Waals surface area contributed by atoms with E-state index < -0.39 is 0 Å². The van der Waals surface area contributed by atoms with Gasteiger partial charge in [-0.25, -0.2) is 44.9 Å². The lowest BCUT2D eigenvalue weighted by molar-refractivity contribution is 0.0250. The number of nitrogens with zero attached hydrogens (tertiary/aromatic N) is 12. The minimum absolute atomic E-state index is 0.0356. The highest BCUT2D eigenvalue weighted by Crippen LogP contribution is 2.36. The molecule has 0 aliphatic carbocycles. The summed E-state index contributed by atoms with van der Waals surface area (Å²) in [5, 5.41) is 0. The van der Waals surface area contributed by atoms with E-state index in [1.807, 2.05) is 39.0 Å². The third-order valence-corrected chi connectivity index (χ3v) is 17.7. The van der Waals surface area contributed by atoms with Crippen LogP contribution in [-0.2, 0) is 50.2 Å². The molecule has 94 heavy (non-hydrogen) atoms. The molecule has 2 atom stereocenters. The van der Waals surface area contributed by atoms with E-state index in [9.17, 15) is 0 Å². The van der Waals surface area contributed by atoms with Gasteiger partial charge in [-0.3, -0.25) is 0 Å². The fourth-order valence-corrected chi connectivity index (χ4v) is 12.5. The van der Waals surface area contributed by atoms with Crippen LogP contribution in [0, 0.1) is 27.7 Å². The van der Waals surface area contributed by atoms with Crippen molar-refractivity contribution in [2.45, 2.75) is 118 Å². The zero-order valence-electron chi connectivity index (χ0n) is 55.2. The summed E-state index contributed by atoms with van der Waals surface area (Å²) in [6.45, 7) is 19.9. The van der Waals surface area contributed by atoms with Crippen LogP contribution in [0.25, 0.3) is 33.8 Å². The molecule has 490 valence electrons. The maximum atomic E-state index is 6.18. The summed E-state index contributed by atoms with van der Waals surface area (Å²) in [5.41, 5.74) is 57.1. The molecule has 23 nitrogen and oxygen atoms in total. The number of aryl methyl sites for hydroxylation is 4. The van der Waals surface area contributed by atoms with Crippen molar-refractivity contribution in [3.63, 3.8) is 0 Å². The minimum Gasteiger partial charge on any atom is -0.486 e. The maximum Gasteiger partial charge on any atom is 0.258 e. The van der Waals surface area contributed by atoms with Gasteiger partial charge in [0.15, 0.2) is 29.0 Å². The monoisotopic (exact) mass is 1270 g/mol. The Hall–Kier alpha value is -9.81. The summed E-state index contributed by atoms with van der Waals surface area (Å²) in [7, 11) is 6.44. The van der Waals surface area contributed by atoms with Gasteiger partial charge in [-0.15, -0.1) is 0 Å². The van der Waals surface area contributed by atoms with Crippen molar-refractivity contribution >= 4 is 34.9 Å². The van der Waals surface area contributed by atoms with Crippen molar-refractivity contribution in [3.05, 3.63) is 170 Å². The molecule has 0 radical (unpaired) electrons. The molecule has 23 heteroatoms. The fraction of sp³-hybridized carbons (Fsp3) is 0.366. The van der Waals surface area contributed by atoms with Crippen LogP contribution in [0.2, 0.25) is 0 Å². The molecule has 13 rings (SSSR count). The Morgan fingerprint density at radius 3 is 1.46 bits per heavy atom. The Balaban J connectivity index is 0.000000145. The molecule has 1 fully saturated rings. The highest BCUT2D eigenvalue weighted by Gasteiger charge is 2.25. The van der Waals surface area contributed by atoms with Crippen molar-refractivity contribution in [3.8, 4) is 57.2 Å². The predicted octanol–water partition coefficient (Wildman–Crippen LogP) is 9.72. The highest BCUT2D eigenvalue weighted by molar-refractivity contribution is 5.67. The summed E-state index contributed by atoms with van der Waals surface area (Å²) in [4.78, 5) is 46.4. The molecule has 0 bridgehead atoms. The number of rotatable bonds is 14. The van der Waals surface area contributed by atoms with Crippen molar-refractivity contribution in [1.82, 2.24) is 59.6 Å². The van der Waals surface area contributed by atoms with Crippen LogP contribution < -0.4 is 53.3 Å². The lowest BCUT2D eigenvalue weighted by atomic mass is 9.92. The fourth-order valence-electron chi connectivity index (χ4n) is 12.5. The van der Waals surface area contributed by atoms with Gasteiger partial charge in [0.1, 0.15) is 36.6 Å². The first-order valence-electron chi connectivity index (χ1n) is 31.9. The van der Waals surface area contributed by atoms with E-state index in [1.165, 1.54) is 50.1 Å². The molecular weight excluding hydrogens is 1180 g/mol. The number of hydrogen-bond acceptors (Lipinski definition) is 23. The number of hydrogen-bond donors (Lipinski definition) is 6. The van der Waals surface area contributed by atoms with Crippen molar-refractivity contribution < 1.29 is 23.7 Å². The number of pyridine rings is 3. The van der Waals surface area contributed by atoms with Crippen LogP contribution in [0.3, 0.4) is 0 Å². The molecule has 0 amide bonds. The smallest absolute Gasteiger partial charge is 0.258 e. The van der Waals surface area contributed by atoms with Crippen molar-refractivity contribution in [1.29, 1.82) is 0 Å². The Morgan fingerprint density at radius 1 is 0.500 bits per heavy atom. The number of likely N-dealkylation sites (N-methyl/N-ethyl adjacent to an activating group) is 3. The topological polar surface area (TPSA) is 328 Å². The first-order valence-corrected chi connectivity index (χ1v) is 31.9. The molecule has 4 aliphatic rings. The first-order chi connectivity index (χ1) is 45.2. The van der Waals surface area contributed by atoms with Gasteiger partial charge in [0, 0.05) is 98.5 Å². The van der Waals surface area contributed by atoms with E-state index in [2.05, 4.69) is 128 Å². The van der Waals surface area contributed by atoms with E-state index in [4.69, 9.17) is 68.1 Å². The molecule has 1 saturated heterocycles. The zero-order valence-corrected chi connectivity index (χ0v) is 55.2. The van der Waals surface area contributed by atoms with Gasteiger partial charge in [-0.2, -0.15) is 0 Å². The van der Waals surface area contributed by atoms with E-state index in [0.717, 1.165) is 127 Å². The van der Waals surface area contributed by atoms with E-state index in [0.29, 0.717) is 48.2 Å². The van der Waals surface area contributed by atoms with Gasteiger partial charge in [-0.1, -0.05) is 0 Å². The molecule has 10 heterocycles. The van der Waals surface area contributed by atoms with Crippen LogP contribution in [0.1, 0.15) is 111 Å². The van der Waals surface area contributed by atoms with Crippen LogP contribution in [-0.4, -0.2) is 120 Å². The SMILES string of the molecule is Cc1cc(-c2cnc(N)c(OC(C)c3ccnc(N)c3)n2)cc2c1CCN(C)C2.Cc1cc(-c2cnc(N)c(OCc3ccnc(N)c3OC3CCOCC3)n2)cc2c1CCN(C)C2.Cc1cnc(N)cc1C(C)Oc1nc(-c2cc(C)c3c(c2)CN(C)CC3)cnc1N. The molecule has 0 spiro atoms. The second-order valence-corrected chi connectivity index (χ2v) is 25.0. The molecule has 2 unspecified atom stereocenters. The molecular formula is C71H86N18O5. The van der Waals surface area contributed by atoms with Gasteiger partial charge in [0.05, 0.1) is 48.9 Å². The van der Waals surface area contributed by atoms with Crippen molar-refractivity contribution in [2.24, 2.45) is 0 Å². The number of nitrogens with two attached hydrogens (primary N) is 6. The molecule has 9 aromatic rings. The minimum atomic E-state index is -0.291. The number of ether oxygens (including phenoxy) is 5. The van der Waals surface area contributed by atoms with Gasteiger partial charge in [0.25, 0.3) is 17.6 Å². The van der Waals surface area contributed by atoms with Crippen molar-refractivity contribution in [2.75, 3.05) is 88.4 Å². The van der Waals surface area contributed by atoms with Gasteiger partial charge in [0.2, 0.25) is 0 Å². The van der Waals surface area contributed by atoms with Gasteiger partial charge < -0.3 is 72.8 Å². The largest absolute Gasteiger partial charge is 0.486 e. The average Bonchev–Trinajstić information content (AvgIpc) is 0.823. The summed E-state index contributed by atoms with van der Waals surface area (Å²) < 4.78 is 29.8. The molecule has 3 aromatic carbocycles. The third kappa shape index (κ3) is 15.6. The second-order valence-electron chi connectivity index (χ2n) is 25.0. The Labute approximate surface area is 549 Å². The summed E-state index contributed by atoms with van der Waals surface area (Å²) >= 11 is 0. The lowest BCUT2D eigenvalue weighted by Gasteiger charge is -2.27. The molecule has 4 aliphatic heterocycles. The number of nitrogen functional groups attached to an aromatic ring is 6.